The number of ether oxygens (including phenoxy) is 2. The molecule has 4 rings (SSSR count). The van der Waals surface area contributed by atoms with E-state index in [2.05, 4.69) is 16.3 Å². The van der Waals surface area contributed by atoms with Crippen LogP contribution in [0, 0.1) is 0 Å². The van der Waals surface area contributed by atoms with Crippen LogP contribution in [0.1, 0.15) is 28.7 Å². The van der Waals surface area contributed by atoms with Crippen LogP contribution in [0.4, 0.5) is 0 Å². The Morgan fingerprint density at radius 3 is 2.23 bits per heavy atom. The zero-order chi connectivity index (χ0) is 21.1. The van der Waals surface area contributed by atoms with Gasteiger partial charge < -0.3 is 19.7 Å². The predicted octanol–water partition coefficient (Wildman–Crippen LogP) is 4.35. The number of hydrogen-bond donors (Lipinski definition) is 1. The van der Waals surface area contributed by atoms with Gasteiger partial charge in [0.1, 0.15) is 17.2 Å². The van der Waals surface area contributed by atoms with Gasteiger partial charge >= 0.3 is 0 Å². The predicted molar refractivity (Wildman–Crippen MR) is 117 cm³/mol. The first-order valence-corrected chi connectivity index (χ1v) is 10.0. The van der Waals surface area contributed by atoms with Crippen molar-refractivity contribution in [2.24, 2.45) is 0 Å². The van der Waals surface area contributed by atoms with Crippen LogP contribution in [0.2, 0.25) is 0 Å². The maximum Gasteiger partial charge on any atom is 0.232 e. The Kier molecular flexibility index (Phi) is 5.72. The fourth-order valence-corrected chi connectivity index (χ4v) is 3.94. The van der Waals surface area contributed by atoms with Crippen molar-refractivity contribution < 1.29 is 14.3 Å². The van der Waals surface area contributed by atoms with Crippen LogP contribution >= 0.6 is 0 Å². The zero-order valence-corrected chi connectivity index (χ0v) is 17.5. The third kappa shape index (κ3) is 3.89. The third-order valence-corrected chi connectivity index (χ3v) is 5.51. The Morgan fingerprint density at radius 1 is 1.00 bits per heavy atom. The first-order chi connectivity index (χ1) is 14.6. The SMILES string of the molecule is COc1cccc(C(CNC(=O)C2c3ccccc3Oc3ccccc32)N(C)C)c1. The van der Waals surface area contributed by atoms with E-state index in [1.165, 1.54) is 0 Å². The van der Waals surface area contributed by atoms with Crippen molar-refractivity contribution in [1.82, 2.24) is 10.2 Å². The number of nitrogens with one attached hydrogen (secondary N) is 1. The number of para-hydroxylation sites is 2. The van der Waals surface area contributed by atoms with E-state index in [-0.39, 0.29) is 11.9 Å². The van der Waals surface area contributed by atoms with Crippen LogP contribution in [0.3, 0.4) is 0 Å². The highest BCUT2D eigenvalue weighted by Gasteiger charge is 2.32. The molecule has 0 bridgehead atoms. The van der Waals surface area contributed by atoms with Gasteiger partial charge in [-0.1, -0.05) is 48.5 Å². The molecule has 1 heterocycles. The molecule has 3 aromatic rings. The number of nitrogens with zero attached hydrogens (tertiary/aromatic N) is 1. The van der Waals surface area contributed by atoms with Crippen LogP contribution in [-0.4, -0.2) is 38.6 Å². The highest BCUT2D eigenvalue weighted by molar-refractivity contribution is 5.89. The first kappa shape index (κ1) is 20.0. The lowest BCUT2D eigenvalue weighted by molar-refractivity contribution is -0.122. The molecule has 1 atom stereocenters. The molecule has 0 saturated carbocycles. The van der Waals surface area contributed by atoms with Gasteiger partial charge in [0.25, 0.3) is 0 Å². The van der Waals surface area contributed by atoms with Crippen molar-refractivity contribution in [3.63, 3.8) is 0 Å². The second kappa shape index (κ2) is 8.59. The maximum absolute atomic E-state index is 13.4. The second-order valence-corrected chi connectivity index (χ2v) is 7.61. The summed E-state index contributed by atoms with van der Waals surface area (Å²) in [5, 5.41) is 3.17. The number of hydrogen-bond acceptors (Lipinski definition) is 4. The molecule has 0 spiro atoms. The quantitative estimate of drug-likeness (QED) is 0.666. The number of rotatable bonds is 6. The largest absolute Gasteiger partial charge is 0.497 e. The molecule has 0 radical (unpaired) electrons. The number of fused-ring (bicyclic) bond motifs is 2. The summed E-state index contributed by atoms with van der Waals surface area (Å²) >= 11 is 0. The minimum atomic E-state index is -0.403. The van der Waals surface area contributed by atoms with Crippen molar-refractivity contribution in [3.05, 3.63) is 89.5 Å². The number of likely N-dealkylation sites (N-methyl/N-ethyl adjacent to an activating group) is 1. The molecule has 5 heteroatoms. The van der Waals surface area contributed by atoms with E-state index in [0.717, 1.165) is 33.9 Å². The van der Waals surface area contributed by atoms with Crippen molar-refractivity contribution in [2.75, 3.05) is 27.7 Å². The summed E-state index contributed by atoms with van der Waals surface area (Å²) in [7, 11) is 5.68. The minimum absolute atomic E-state index is 0.0226. The van der Waals surface area contributed by atoms with Crippen molar-refractivity contribution in [1.29, 1.82) is 0 Å². The van der Waals surface area contributed by atoms with E-state index in [9.17, 15) is 4.79 Å². The van der Waals surface area contributed by atoms with E-state index in [1.54, 1.807) is 7.11 Å². The summed E-state index contributed by atoms with van der Waals surface area (Å²) in [4.78, 5) is 15.5. The van der Waals surface area contributed by atoms with Gasteiger partial charge in [-0.25, -0.2) is 0 Å². The summed E-state index contributed by atoms with van der Waals surface area (Å²) in [6, 6.07) is 23.4. The van der Waals surface area contributed by atoms with Crippen molar-refractivity contribution in [3.8, 4) is 17.2 Å². The van der Waals surface area contributed by atoms with E-state index < -0.39 is 5.92 Å². The Labute approximate surface area is 177 Å². The molecule has 0 aromatic heterocycles. The number of benzene rings is 3. The minimum Gasteiger partial charge on any atom is -0.497 e. The van der Waals surface area contributed by atoms with Gasteiger partial charge in [0.2, 0.25) is 5.91 Å². The first-order valence-electron chi connectivity index (χ1n) is 10.0. The average molecular weight is 402 g/mol. The van der Waals surface area contributed by atoms with Gasteiger partial charge in [0.15, 0.2) is 0 Å². The molecule has 154 valence electrons. The molecule has 1 N–H and O–H groups in total. The molecular weight excluding hydrogens is 376 g/mol. The average Bonchev–Trinajstić information content (AvgIpc) is 2.77. The van der Waals surface area contributed by atoms with Gasteiger partial charge in [-0.2, -0.15) is 0 Å². The summed E-state index contributed by atoms with van der Waals surface area (Å²) in [6.45, 7) is 0.487. The summed E-state index contributed by atoms with van der Waals surface area (Å²) in [5.74, 6) is 1.83. The van der Waals surface area contributed by atoms with Crippen LogP contribution in [0.5, 0.6) is 17.2 Å². The van der Waals surface area contributed by atoms with Gasteiger partial charge in [-0.15, -0.1) is 0 Å². The fourth-order valence-electron chi connectivity index (χ4n) is 3.94. The number of carbonyl (C=O) groups is 1. The summed E-state index contributed by atoms with van der Waals surface area (Å²) in [6.07, 6.45) is 0. The molecule has 5 nitrogen and oxygen atoms in total. The molecule has 0 fully saturated rings. The van der Waals surface area contributed by atoms with Crippen molar-refractivity contribution in [2.45, 2.75) is 12.0 Å². The monoisotopic (exact) mass is 402 g/mol. The third-order valence-electron chi connectivity index (χ3n) is 5.51. The van der Waals surface area contributed by atoms with Gasteiger partial charge in [0, 0.05) is 17.7 Å². The normalized spacial score (nSPS) is 13.7. The summed E-state index contributed by atoms with van der Waals surface area (Å²) < 4.78 is 11.4. The van der Waals surface area contributed by atoms with E-state index in [4.69, 9.17) is 9.47 Å². The number of amides is 1. The number of carbonyl (C=O) groups excluding carboxylic acids is 1. The van der Waals surface area contributed by atoms with Gasteiger partial charge in [-0.05, 0) is 43.9 Å². The maximum atomic E-state index is 13.4. The van der Waals surface area contributed by atoms with Crippen LogP contribution in [0.25, 0.3) is 0 Å². The standard InChI is InChI=1S/C25H26N2O3/c1-27(2)21(17-9-8-10-18(15-17)29-3)16-26-25(28)24-19-11-4-6-13-22(19)30-23-14-7-5-12-20(23)24/h4-15,21,24H,16H2,1-3H3,(H,26,28). The molecule has 1 unspecified atom stereocenters. The van der Waals surface area contributed by atoms with Crippen molar-refractivity contribution >= 4 is 5.91 Å². The Hall–Kier alpha value is -3.31. The highest BCUT2D eigenvalue weighted by Crippen LogP contribution is 2.43. The molecule has 0 aliphatic carbocycles. The van der Waals surface area contributed by atoms with E-state index in [0.29, 0.717) is 6.54 Å². The molecule has 0 saturated heterocycles. The second-order valence-electron chi connectivity index (χ2n) is 7.61. The Morgan fingerprint density at radius 2 is 1.63 bits per heavy atom. The smallest absolute Gasteiger partial charge is 0.232 e. The van der Waals surface area contributed by atoms with Gasteiger partial charge in [0.05, 0.1) is 19.1 Å². The molecule has 30 heavy (non-hydrogen) atoms. The Bertz CT molecular complexity index is 1000. The molecule has 1 aliphatic heterocycles. The van der Waals surface area contributed by atoms with Crippen LogP contribution < -0.4 is 14.8 Å². The fraction of sp³-hybridized carbons (Fsp3) is 0.240. The highest BCUT2D eigenvalue weighted by atomic mass is 16.5. The molecule has 1 amide bonds. The van der Waals surface area contributed by atoms with Crippen LogP contribution in [-0.2, 0) is 4.79 Å². The summed E-state index contributed by atoms with van der Waals surface area (Å²) in [5.41, 5.74) is 2.86. The lowest BCUT2D eigenvalue weighted by Crippen LogP contribution is -2.38. The van der Waals surface area contributed by atoms with Gasteiger partial charge in [-0.3, -0.25) is 4.79 Å². The van der Waals surface area contributed by atoms with E-state index in [1.807, 2.05) is 80.8 Å². The Balaban J connectivity index is 1.59. The zero-order valence-electron chi connectivity index (χ0n) is 17.5. The molecule has 3 aromatic carbocycles. The molecular formula is C25H26N2O3. The molecule has 1 aliphatic rings. The van der Waals surface area contributed by atoms with E-state index >= 15 is 0 Å². The lowest BCUT2D eigenvalue weighted by atomic mass is 9.87. The number of methoxy groups -OCH3 is 1. The lowest BCUT2D eigenvalue weighted by Gasteiger charge is -2.29. The topological polar surface area (TPSA) is 50.8 Å². The van der Waals surface area contributed by atoms with Crippen LogP contribution in [0.15, 0.2) is 72.8 Å².